The van der Waals surface area contributed by atoms with Gasteiger partial charge in [0, 0.05) is 6.04 Å². The molecular formula is C17H25NO2. The third-order valence-electron chi connectivity index (χ3n) is 4.08. The first kappa shape index (κ1) is 14.9. The Balaban J connectivity index is 1.86. The summed E-state index contributed by atoms with van der Waals surface area (Å²) in [5.74, 6) is 1.18. The molecule has 1 atom stereocenters. The molecule has 20 heavy (non-hydrogen) atoms. The highest BCUT2D eigenvalue weighted by molar-refractivity contribution is 5.77. The summed E-state index contributed by atoms with van der Waals surface area (Å²) in [4.78, 5) is 11.8. The normalized spacial score (nSPS) is 15.6. The highest BCUT2D eigenvalue weighted by Crippen LogP contribution is 2.25. The molecule has 1 aromatic rings. The first-order chi connectivity index (χ1) is 9.56. The number of rotatable bonds is 5. The van der Waals surface area contributed by atoms with Gasteiger partial charge in [0.25, 0.3) is 5.91 Å². The van der Waals surface area contributed by atoms with Gasteiger partial charge in [-0.1, -0.05) is 19.9 Å². The van der Waals surface area contributed by atoms with Crippen LogP contribution >= 0.6 is 0 Å². The van der Waals surface area contributed by atoms with Crippen LogP contribution in [0.4, 0.5) is 0 Å². The van der Waals surface area contributed by atoms with E-state index in [1.807, 2.05) is 13.0 Å². The van der Waals surface area contributed by atoms with Gasteiger partial charge in [0.15, 0.2) is 6.61 Å². The topological polar surface area (TPSA) is 38.3 Å². The Bertz CT molecular complexity index is 468. The van der Waals surface area contributed by atoms with E-state index in [4.69, 9.17) is 4.74 Å². The second-order valence-electron chi connectivity index (χ2n) is 6.03. The first-order valence-corrected chi connectivity index (χ1v) is 7.60. The Labute approximate surface area is 121 Å². The van der Waals surface area contributed by atoms with Crippen molar-refractivity contribution < 1.29 is 9.53 Å². The van der Waals surface area contributed by atoms with Gasteiger partial charge in [-0.25, -0.2) is 0 Å². The van der Waals surface area contributed by atoms with Crippen LogP contribution < -0.4 is 10.1 Å². The fourth-order valence-electron chi connectivity index (χ4n) is 2.41. The second-order valence-corrected chi connectivity index (χ2v) is 6.03. The molecule has 1 aliphatic rings. The van der Waals surface area contributed by atoms with E-state index >= 15 is 0 Å². The van der Waals surface area contributed by atoms with Crippen molar-refractivity contribution in [2.75, 3.05) is 6.61 Å². The summed E-state index contributed by atoms with van der Waals surface area (Å²) in [6.45, 7) is 6.29. The maximum absolute atomic E-state index is 11.8. The summed E-state index contributed by atoms with van der Waals surface area (Å²) in [7, 11) is 0. The lowest BCUT2D eigenvalue weighted by atomic mass is 9.92. The van der Waals surface area contributed by atoms with Gasteiger partial charge >= 0.3 is 0 Å². The largest absolute Gasteiger partial charge is 0.484 e. The number of fused-ring (bicyclic) bond motifs is 1. The average Bonchev–Trinajstić information content (AvgIpc) is 2.44. The zero-order valence-electron chi connectivity index (χ0n) is 12.7. The van der Waals surface area contributed by atoms with Crippen LogP contribution in [0.25, 0.3) is 0 Å². The maximum atomic E-state index is 11.8. The van der Waals surface area contributed by atoms with E-state index in [0.29, 0.717) is 5.92 Å². The van der Waals surface area contributed by atoms with Crippen molar-refractivity contribution in [3.63, 3.8) is 0 Å². The molecule has 1 N–H and O–H groups in total. The minimum atomic E-state index is -0.0519. The maximum Gasteiger partial charge on any atom is 0.258 e. The van der Waals surface area contributed by atoms with Crippen molar-refractivity contribution in [1.82, 2.24) is 5.32 Å². The summed E-state index contributed by atoms with van der Waals surface area (Å²) in [6, 6.07) is 6.38. The van der Waals surface area contributed by atoms with E-state index < -0.39 is 0 Å². The highest BCUT2D eigenvalue weighted by Gasteiger charge is 2.13. The van der Waals surface area contributed by atoms with E-state index in [0.717, 1.165) is 12.2 Å². The Hall–Kier alpha value is -1.51. The predicted molar refractivity (Wildman–Crippen MR) is 81.0 cm³/mol. The van der Waals surface area contributed by atoms with Crippen LogP contribution in [0.2, 0.25) is 0 Å². The van der Waals surface area contributed by atoms with Crippen molar-refractivity contribution in [3.05, 3.63) is 29.3 Å². The van der Waals surface area contributed by atoms with Gasteiger partial charge in [-0.05, 0) is 61.8 Å². The molecule has 1 unspecified atom stereocenters. The molecule has 0 bridgehead atoms. The minimum Gasteiger partial charge on any atom is -0.484 e. The molecular weight excluding hydrogens is 250 g/mol. The number of nitrogens with one attached hydrogen (secondary N) is 1. The number of carbonyl (C=O) groups is 1. The van der Waals surface area contributed by atoms with Crippen LogP contribution in [0.5, 0.6) is 5.75 Å². The minimum absolute atomic E-state index is 0.0519. The molecule has 3 heteroatoms. The van der Waals surface area contributed by atoms with E-state index in [1.165, 1.54) is 30.4 Å². The third-order valence-corrected chi connectivity index (χ3v) is 4.08. The van der Waals surface area contributed by atoms with E-state index in [9.17, 15) is 4.79 Å². The molecule has 0 heterocycles. The van der Waals surface area contributed by atoms with Gasteiger partial charge < -0.3 is 10.1 Å². The summed E-state index contributed by atoms with van der Waals surface area (Å²) >= 11 is 0. The van der Waals surface area contributed by atoms with Crippen LogP contribution in [0, 0.1) is 5.92 Å². The Kier molecular flexibility index (Phi) is 5.05. The Morgan fingerprint density at radius 3 is 2.60 bits per heavy atom. The van der Waals surface area contributed by atoms with Gasteiger partial charge in [0.05, 0.1) is 0 Å². The molecule has 1 aliphatic carbocycles. The lowest BCUT2D eigenvalue weighted by molar-refractivity contribution is -0.124. The number of carbonyl (C=O) groups excluding carboxylic acids is 1. The van der Waals surface area contributed by atoms with Crippen molar-refractivity contribution >= 4 is 5.91 Å². The molecule has 2 rings (SSSR count). The molecule has 1 aromatic carbocycles. The van der Waals surface area contributed by atoms with Crippen molar-refractivity contribution in [2.24, 2.45) is 5.92 Å². The van der Waals surface area contributed by atoms with Crippen LogP contribution in [-0.2, 0) is 17.6 Å². The molecule has 0 aliphatic heterocycles. The number of benzene rings is 1. The van der Waals surface area contributed by atoms with Gasteiger partial charge in [0.1, 0.15) is 5.75 Å². The quantitative estimate of drug-likeness (QED) is 0.896. The molecule has 110 valence electrons. The zero-order valence-corrected chi connectivity index (χ0v) is 12.7. The van der Waals surface area contributed by atoms with Crippen LogP contribution in [0.15, 0.2) is 18.2 Å². The smallest absolute Gasteiger partial charge is 0.258 e. The third kappa shape index (κ3) is 3.99. The number of ether oxygens (including phenoxy) is 1. The van der Waals surface area contributed by atoms with Crippen molar-refractivity contribution in [2.45, 2.75) is 52.5 Å². The summed E-state index contributed by atoms with van der Waals surface area (Å²) in [5.41, 5.74) is 2.81. The van der Waals surface area contributed by atoms with Crippen molar-refractivity contribution in [1.29, 1.82) is 0 Å². The number of hydrogen-bond acceptors (Lipinski definition) is 2. The molecule has 1 amide bonds. The van der Waals surface area contributed by atoms with E-state index in [2.05, 4.69) is 31.3 Å². The van der Waals surface area contributed by atoms with Gasteiger partial charge in [-0.15, -0.1) is 0 Å². The molecule has 0 saturated carbocycles. The lowest BCUT2D eigenvalue weighted by Crippen LogP contribution is -2.38. The van der Waals surface area contributed by atoms with Crippen molar-refractivity contribution in [3.8, 4) is 5.75 Å². The summed E-state index contributed by atoms with van der Waals surface area (Å²) in [5, 5.41) is 2.95. The van der Waals surface area contributed by atoms with Crippen LogP contribution in [-0.4, -0.2) is 18.6 Å². The zero-order chi connectivity index (χ0) is 14.5. The molecule has 0 radical (unpaired) electrons. The SMILES string of the molecule is CC(C)C(C)NC(=O)COc1ccc2c(c1)CCCC2. The second kappa shape index (κ2) is 6.78. The molecule has 0 aromatic heterocycles. The Morgan fingerprint density at radius 2 is 1.90 bits per heavy atom. The predicted octanol–water partition coefficient (Wildman–Crippen LogP) is 3.10. The number of hydrogen-bond donors (Lipinski definition) is 1. The first-order valence-electron chi connectivity index (χ1n) is 7.60. The molecule has 3 nitrogen and oxygen atoms in total. The fraction of sp³-hybridized carbons (Fsp3) is 0.588. The highest BCUT2D eigenvalue weighted by atomic mass is 16.5. The number of aryl methyl sites for hydroxylation is 2. The Morgan fingerprint density at radius 1 is 1.20 bits per heavy atom. The van der Waals surface area contributed by atoms with Gasteiger partial charge in [-0.2, -0.15) is 0 Å². The average molecular weight is 275 g/mol. The van der Waals surface area contributed by atoms with Crippen LogP contribution in [0.1, 0.15) is 44.7 Å². The monoisotopic (exact) mass is 275 g/mol. The van der Waals surface area contributed by atoms with Crippen LogP contribution in [0.3, 0.4) is 0 Å². The lowest BCUT2D eigenvalue weighted by Gasteiger charge is -2.18. The van der Waals surface area contributed by atoms with E-state index in [-0.39, 0.29) is 18.6 Å². The van der Waals surface area contributed by atoms with E-state index in [1.54, 1.807) is 0 Å². The fourth-order valence-corrected chi connectivity index (χ4v) is 2.41. The number of amides is 1. The molecule has 0 spiro atoms. The summed E-state index contributed by atoms with van der Waals surface area (Å²) < 4.78 is 5.60. The standard InChI is InChI=1S/C17H25NO2/c1-12(2)13(3)18-17(19)11-20-16-9-8-14-6-4-5-7-15(14)10-16/h8-10,12-13H,4-7,11H2,1-3H3,(H,18,19). The molecule has 0 saturated heterocycles. The summed E-state index contributed by atoms with van der Waals surface area (Å²) in [6.07, 6.45) is 4.83. The van der Waals surface area contributed by atoms with Gasteiger partial charge in [-0.3, -0.25) is 4.79 Å². The van der Waals surface area contributed by atoms with Gasteiger partial charge in [0.2, 0.25) is 0 Å². The molecule has 0 fully saturated rings.